The van der Waals surface area contributed by atoms with Gasteiger partial charge >= 0.3 is 0 Å². The SMILES string of the molecule is C=C(C)/C=N\C(C)=C/C. The van der Waals surface area contributed by atoms with Crippen LogP contribution >= 0.6 is 0 Å². The molecule has 0 aliphatic heterocycles. The van der Waals surface area contributed by atoms with E-state index in [2.05, 4.69) is 11.6 Å². The van der Waals surface area contributed by atoms with E-state index >= 15 is 0 Å². The predicted molar refractivity (Wildman–Crippen MR) is 42.7 cm³/mol. The summed E-state index contributed by atoms with van der Waals surface area (Å²) in [5.41, 5.74) is 2.01. The highest BCUT2D eigenvalue weighted by atomic mass is 14.7. The third-order valence-electron chi connectivity index (χ3n) is 0.906. The molecule has 0 aliphatic rings. The van der Waals surface area contributed by atoms with Crippen LogP contribution in [0.2, 0.25) is 0 Å². The summed E-state index contributed by atoms with van der Waals surface area (Å²) in [6.07, 6.45) is 3.72. The molecule has 0 amide bonds. The molecule has 0 radical (unpaired) electrons. The molecule has 0 aliphatic carbocycles. The second-order valence-electron chi connectivity index (χ2n) is 2.03. The highest BCUT2D eigenvalue weighted by Crippen LogP contribution is 1.92. The van der Waals surface area contributed by atoms with Gasteiger partial charge in [0.25, 0.3) is 0 Å². The van der Waals surface area contributed by atoms with Crippen molar-refractivity contribution in [1.29, 1.82) is 0 Å². The van der Waals surface area contributed by atoms with Gasteiger partial charge in [-0.05, 0) is 26.3 Å². The van der Waals surface area contributed by atoms with Crippen molar-refractivity contribution in [2.45, 2.75) is 20.8 Å². The van der Waals surface area contributed by atoms with Crippen LogP contribution in [0.3, 0.4) is 0 Å². The number of aliphatic imine (C=N–C) groups is 1. The molecule has 0 saturated heterocycles. The Labute approximate surface area is 56.8 Å². The van der Waals surface area contributed by atoms with Crippen molar-refractivity contribution < 1.29 is 0 Å². The maximum absolute atomic E-state index is 4.08. The zero-order chi connectivity index (χ0) is 7.28. The molecule has 1 heteroatoms. The first-order chi connectivity index (χ1) is 4.16. The normalized spacial score (nSPS) is 12.6. The van der Waals surface area contributed by atoms with Crippen LogP contribution in [0, 0.1) is 0 Å². The summed E-state index contributed by atoms with van der Waals surface area (Å²) in [5, 5.41) is 0. The van der Waals surface area contributed by atoms with Gasteiger partial charge in [-0.3, -0.25) is 4.99 Å². The smallest absolute Gasteiger partial charge is 0.0330 e. The molecule has 50 valence electrons. The van der Waals surface area contributed by atoms with Crippen LogP contribution in [0.5, 0.6) is 0 Å². The molecule has 0 unspecified atom stereocenters. The Morgan fingerprint density at radius 1 is 1.44 bits per heavy atom. The highest BCUT2D eigenvalue weighted by molar-refractivity contribution is 5.77. The molecule has 0 aromatic rings. The monoisotopic (exact) mass is 123 g/mol. The lowest BCUT2D eigenvalue weighted by atomic mass is 10.4. The topological polar surface area (TPSA) is 12.4 Å². The van der Waals surface area contributed by atoms with E-state index in [1.54, 1.807) is 6.21 Å². The van der Waals surface area contributed by atoms with Gasteiger partial charge in [0.1, 0.15) is 0 Å². The van der Waals surface area contributed by atoms with Crippen LogP contribution < -0.4 is 0 Å². The van der Waals surface area contributed by atoms with Crippen molar-refractivity contribution in [3.05, 3.63) is 23.9 Å². The predicted octanol–water partition coefficient (Wildman–Crippen LogP) is 2.56. The third kappa shape index (κ3) is 5.01. The molecule has 0 bridgehead atoms. The van der Waals surface area contributed by atoms with E-state index in [0.29, 0.717) is 0 Å². The summed E-state index contributed by atoms with van der Waals surface area (Å²) >= 11 is 0. The van der Waals surface area contributed by atoms with Gasteiger partial charge in [-0.25, -0.2) is 0 Å². The second-order valence-corrected chi connectivity index (χ2v) is 2.03. The first-order valence-electron chi connectivity index (χ1n) is 2.99. The third-order valence-corrected chi connectivity index (χ3v) is 0.906. The molecule has 0 N–H and O–H groups in total. The maximum atomic E-state index is 4.08. The Bertz CT molecular complexity index is 152. The van der Waals surface area contributed by atoms with Crippen LogP contribution in [-0.4, -0.2) is 6.21 Å². The Balaban J connectivity index is 3.86. The van der Waals surface area contributed by atoms with Crippen molar-refractivity contribution in [3.8, 4) is 0 Å². The van der Waals surface area contributed by atoms with Gasteiger partial charge in [0.05, 0.1) is 0 Å². The summed E-state index contributed by atoms with van der Waals surface area (Å²) in [6.45, 7) is 9.53. The molecule has 0 spiro atoms. The summed E-state index contributed by atoms with van der Waals surface area (Å²) < 4.78 is 0. The molecular formula is C8H13N. The lowest BCUT2D eigenvalue weighted by Crippen LogP contribution is -1.74. The van der Waals surface area contributed by atoms with Crippen LogP contribution in [0.1, 0.15) is 20.8 Å². The van der Waals surface area contributed by atoms with E-state index < -0.39 is 0 Å². The average molecular weight is 123 g/mol. The van der Waals surface area contributed by atoms with Gasteiger partial charge in [0.2, 0.25) is 0 Å². The summed E-state index contributed by atoms with van der Waals surface area (Å²) in [4.78, 5) is 4.08. The van der Waals surface area contributed by atoms with Gasteiger partial charge in [-0.1, -0.05) is 12.7 Å². The number of nitrogens with zero attached hydrogens (tertiary/aromatic N) is 1. The summed E-state index contributed by atoms with van der Waals surface area (Å²) in [6, 6.07) is 0. The molecule has 0 aromatic carbocycles. The van der Waals surface area contributed by atoms with Gasteiger partial charge in [0, 0.05) is 11.9 Å². The molecule has 0 rings (SSSR count). The molecule has 0 saturated carbocycles. The number of rotatable bonds is 2. The van der Waals surface area contributed by atoms with E-state index in [0.717, 1.165) is 11.3 Å². The van der Waals surface area contributed by atoms with Crippen molar-refractivity contribution in [3.63, 3.8) is 0 Å². The van der Waals surface area contributed by atoms with Gasteiger partial charge in [-0.2, -0.15) is 0 Å². The standard InChI is InChI=1S/C8H13N/c1-5-8(4)9-6-7(2)3/h5-6H,2H2,1,3-4H3/b8-5-,9-6-. The number of hydrogen-bond acceptors (Lipinski definition) is 1. The molecule has 1 nitrogen and oxygen atoms in total. The molecule has 0 fully saturated rings. The minimum atomic E-state index is 0.983. The van der Waals surface area contributed by atoms with E-state index in [9.17, 15) is 0 Å². The average Bonchev–Trinajstić information content (AvgIpc) is 1.83. The van der Waals surface area contributed by atoms with Gasteiger partial charge < -0.3 is 0 Å². The van der Waals surface area contributed by atoms with Crippen molar-refractivity contribution in [2.75, 3.05) is 0 Å². The number of hydrogen-bond donors (Lipinski definition) is 0. The summed E-state index contributed by atoms with van der Waals surface area (Å²) in [5.74, 6) is 0. The fourth-order valence-corrected chi connectivity index (χ4v) is 0.287. The van der Waals surface area contributed by atoms with Crippen LogP contribution in [0.15, 0.2) is 28.9 Å². The van der Waals surface area contributed by atoms with E-state index in [1.165, 1.54) is 0 Å². The Hall–Kier alpha value is -0.850. The highest BCUT2D eigenvalue weighted by Gasteiger charge is 1.76. The van der Waals surface area contributed by atoms with Crippen molar-refractivity contribution >= 4 is 6.21 Å². The Kier molecular flexibility index (Phi) is 3.69. The zero-order valence-electron chi connectivity index (χ0n) is 6.31. The van der Waals surface area contributed by atoms with Crippen LogP contribution in [0.25, 0.3) is 0 Å². The summed E-state index contributed by atoms with van der Waals surface area (Å²) in [7, 11) is 0. The van der Waals surface area contributed by atoms with Crippen molar-refractivity contribution in [2.24, 2.45) is 4.99 Å². The molecule has 9 heavy (non-hydrogen) atoms. The maximum Gasteiger partial charge on any atom is 0.0330 e. The van der Waals surface area contributed by atoms with E-state index in [4.69, 9.17) is 0 Å². The minimum Gasteiger partial charge on any atom is -0.262 e. The van der Waals surface area contributed by atoms with Crippen LogP contribution in [0.4, 0.5) is 0 Å². The first kappa shape index (κ1) is 8.15. The molecular weight excluding hydrogens is 110 g/mol. The van der Waals surface area contributed by atoms with E-state index in [1.807, 2.05) is 26.8 Å². The second kappa shape index (κ2) is 4.07. The fraction of sp³-hybridized carbons (Fsp3) is 0.375. The lowest BCUT2D eigenvalue weighted by Gasteiger charge is -1.87. The van der Waals surface area contributed by atoms with Crippen molar-refractivity contribution in [1.82, 2.24) is 0 Å². The number of allylic oxidation sites excluding steroid dienone is 3. The molecule has 0 aromatic heterocycles. The van der Waals surface area contributed by atoms with E-state index in [-0.39, 0.29) is 0 Å². The van der Waals surface area contributed by atoms with Gasteiger partial charge in [-0.15, -0.1) is 0 Å². The first-order valence-corrected chi connectivity index (χ1v) is 2.99. The molecule has 0 heterocycles. The molecule has 0 atom stereocenters. The fourth-order valence-electron chi connectivity index (χ4n) is 0.287. The minimum absolute atomic E-state index is 0.983. The zero-order valence-corrected chi connectivity index (χ0v) is 6.31. The van der Waals surface area contributed by atoms with Crippen LogP contribution in [-0.2, 0) is 0 Å². The largest absolute Gasteiger partial charge is 0.262 e. The Morgan fingerprint density at radius 2 is 2.00 bits per heavy atom. The quantitative estimate of drug-likeness (QED) is 0.500. The van der Waals surface area contributed by atoms with Gasteiger partial charge in [0.15, 0.2) is 0 Å². The Morgan fingerprint density at radius 3 is 2.33 bits per heavy atom. The lowest BCUT2D eigenvalue weighted by molar-refractivity contribution is 1.29.